The number of hydrogen-bond acceptors (Lipinski definition) is 3. The molecule has 0 bridgehead atoms. The Morgan fingerprint density at radius 3 is 2.41 bits per heavy atom. The summed E-state index contributed by atoms with van der Waals surface area (Å²) in [6.07, 6.45) is 0.383. The van der Waals surface area contributed by atoms with Gasteiger partial charge in [-0.1, -0.05) is 44.2 Å². The van der Waals surface area contributed by atoms with Crippen LogP contribution in [0.3, 0.4) is 0 Å². The van der Waals surface area contributed by atoms with Gasteiger partial charge < -0.3 is 4.90 Å². The molecule has 1 fully saturated rings. The van der Waals surface area contributed by atoms with Crippen molar-refractivity contribution in [2.45, 2.75) is 50.8 Å². The second kappa shape index (κ2) is 6.03. The Balaban J connectivity index is 2.13. The summed E-state index contributed by atoms with van der Waals surface area (Å²) in [4.78, 5) is 14.4. The molecule has 1 aliphatic heterocycles. The Morgan fingerprint density at radius 2 is 1.82 bits per heavy atom. The molecule has 2 rings (SSSR count). The van der Waals surface area contributed by atoms with E-state index in [2.05, 4.69) is 13.8 Å². The SMILES string of the molecule is C[C@@H]1[C@H](C)S(=O)(=O)CCN1C(=O)CC(C)(C)c1ccccc1. The number of carbonyl (C=O) groups excluding carboxylic acids is 1. The fraction of sp³-hybridized carbons (Fsp3) is 0.588. The van der Waals surface area contributed by atoms with Crippen LogP contribution in [0.5, 0.6) is 0 Å². The van der Waals surface area contributed by atoms with Crippen LogP contribution in [-0.4, -0.2) is 42.8 Å². The highest BCUT2D eigenvalue weighted by Gasteiger charge is 2.39. The summed E-state index contributed by atoms with van der Waals surface area (Å²) in [7, 11) is -3.07. The standard InChI is InChI=1S/C17H25NO3S/c1-13-14(2)22(20,21)11-10-18(13)16(19)12-17(3,4)15-8-6-5-7-9-15/h5-9,13-14H,10-12H2,1-4H3/t13-,14+/m1/s1. The minimum atomic E-state index is -3.07. The fourth-order valence-electron chi connectivity index (χ4n) is 2.99. The molecular formula is C17H25NO3S. The molecular weight excluding hydrogens is 298 g/mol. The Labute approximate surface area is 133 Å². The van der Waals surface area contributed by atoms with E-state index in [0.29, 0.717) is 13.0 Å². The first-order valence-corrected chi connectivity index (χ1v) is 9.43. The van der Waals surface area contributed by atoms with Gasteiger partial charge >= 0.3 is 0 Å². The van der Waals surface area contributed by atoms with Crippen LogP contribution in [0, 0.1) is 0 Å². The summed E-state index contributed by atoms with van der Waals surface area (Å²) >= 11 is 0. The molecule has 1 saturated heterocycles. The number of carbonyl (C=O) groups is 1. The van der Waals surface area contributed by atoms with Crippen LogP contribution in [0.1, 0.15) is 39.7 Å². The third kappa shape index (κ3) is 3.35. The second-order valence-electron chi connectivity index (χ2n) is 6.83. The summed E-state index contributed by atoms with van der Waals surface area (Å²) in [6.45, 7) is 7.93. The summed E-state index contributed by atoms with van der Waals surface area (Å²) < 4.78 is 23.9. The first kappa shape index (κ1) is 17.0. The lowest BCUT2D eigenvalue weighted by Crippen LogP contribution is -2.54. The highest BCUT2D eigenvalue weighted by Crippen LogP contribution is 2.29. The van der Waals surface area contributed by atoms with Gasteiger partial charge in [0.2, 0.25) is 5.91 Å². The topological polar surface area (TPSA) is 54.5 Å². The Kier molecular flexibility index (Phi) is 4.66. The predicted octanol–water partition coefficient (Wildman–Crippen LogP) is 2.39. The molecule has 0 aliphatic carbocycles. The van der Waals surface area contributed by atoms with Crippen molar-refractivity contribution in [2.75, 3.05) is 12.3 Å². The summed E-state index contributed by atoms with van der Waals surface area (Å²) in [5.41, 5.74) is 0.853. The molecule has 122 valence electrons. The molecule has 0 saturated carbocycles. The first-order chi connectivity index (χ1) is 10.1. The Hall–Kier alpha value is -1.36. The predicted molar refractivity (Wildman–Crippen MR) is 88.5 cm³/mol. The van der Waals surface area contributed by atoms with E-state index in [1.807, 2.05) is 37.3 Å². The Bertz CT molecular complexity index is 637. The molecule has 5 heteroatoms. The van der Waals surface area contributed by atoms with Crippen molar-refractivity contribution < 1.29 is 13.2 Å². The summed E-state index contributed by atoms with van der Waals surface area (Å²) in [6, 6.07) is 9.69. The monoisotopic (exact) mass is 323 g/mol. The molecule has 2 atom stereocenters. The van der Waals surface area contributed by atoms with Gasteiger partial charge in [0.05, 0.1) is 11.0 Å². The van der Waals surface area contributed by atoms with Gasteiger partial charge in [-0.3, -0.25) is 4.79 Å². The smallest absolute Gasteiger partial charge is 0.223 e. The third-order valence-corrected chi connectivity index (χ3v) is 7.10. The number of sulfone groups is 1. The van der Waals surface area contributed by atoms with Crippen LogP contribution < -0.4 is 0 Å². The molecule has 1 aliphatic rings. The number of nitrogens with zero attached hydrogens (tertiary/aromatic N) is 1. The number of amides is 1. The van der Waals surface area contributed by atoms with E-state index < -0.39 is 15.1 Å². The molecule has 22 heavy (non-hydrogen) atoms. The number of hydrogen-bond donors (Lipinski definition) is 0. The van der Waals surface area contributed by atoms with Crippen molar-refractivity contribution in [2.24, 2.45) is 0 Å². The van der Waals surface area contributed by atoms with Gasteiger partial charge in [-0.2, -0.15) is 0 Å². The van der Waals surface area contributed by atoms with Gasteiger partial charge in [-0.25, -0.2) is 8.42 Å². The van der Waals surface area contributed by atoms with Crippen molar-refractivity contribution in [3.8, 4) is 0 Å². The molecule has 0 aromatic heterocycles. The van der Waals surface area contributed by atoms with Gasteiger partial charge in [0.15, 0.2) is 9.84 Å². The first-order valence-electron chi connectivity index (χ1n) is 7.72. The lowest BCUT2D eigenvalue weighted by atomic mass is 9.81. The molecule has 0 spiro atoms. The third-order valence-electron chi connectivity index (χ3n) is 4.82. The van der Waals surface area contributed by atoms with Gasteiger partial charge in [0.25, 0.3) is 0 Å². The quantitative estimate of drug-likeness (QED) is 0.858. The zero-order valence-corrected chi connectivity index (χ0v) is 14.6. The van der Waals surface area contributed by atoms with Crippen LogP contribution in [0.4, 0.5) is 0 Å². The average molecular weight is 323 g/mol. The van der Waals surface area contributed by atoms with Crippen LogP contribution in [0.2, 0.25) is 0 Å². The minimum absolute atomic E-state index is 0.0307. The van der Waals surface area contributed by atoms with Gasteiger partial charge in [0.1, 0.15) is 0 Å². The molecule has 1 heterocycles. The number of benzene rings is 1. The van der Waals surface area contributed by atoms with Crippen molar-refractivity contribution in [3.63, 3.8) is 0 Å². The van der Waals surface area contributed by atoms with Gasteiger partial charge in [-0.15, -0.1) is 0 Å². The van der Waals surface area contributed by atoms with Gasteiger partial charge in [-0.05, 0) is 24.8 Å². The van der Waals surface area contributed by atoms with Crippen molar-refractivity contribution >= 4 is 15.7 Å². The Morgan fingerprint density at radius 1 is 1.23 bits per heavy atom. The van der Waals surface area contributed by atoms with E-state index in [4.69, 9.17) is 0 Å². The van der Waals surface area contributed by atoms with E-state index in [1.165, 1.54) is 0 Å². The summed E-state index contributed by atoms with van der Waals surface area (Å²) in [5, 5.41) is -0.495. The van der Waals surface area contributed by atoms with E-state index in [0.717, 1.165) is 5.56 Å². The van der Waals surface area contributed by atoms with Crippen LogP contribution in [0.15, 0.2) is 30.3 Å². The lowest BCUT2D eigenvalue weighted by molar-refractivity contribution is -0.134. The molecule has 1 aromatic carbocycles. The van der Waals surface area contributed by atoms with Crippen LogP contribution in [0.25, 0.3) is 0 Å². The lowest BCUT2D eigenvalue weighted by Gasteiger charge is -2.39. The summed E-state index contributed by atoms with van der Waals surface area (Å²) in [5.74, 6) is 0.0961. The van der Waals surface area contributed by atoms with Crippen LogP contribution in [-0.2, 0) is 20.0 Å². The number of rotatable bonds is 3. The van der Waals surface area contributed by atoms with Crippen molar-refractivity contribution in [1.82, 2.24) is 4.90 Å². The molecule has 0 N–H and O–H groups in total. The van der Waals surface area contributed by atoms with E-state index in [1.54, 1.807) is 11.8 Å². The molecule has 0 radical (unpaired) electrons. The molecule has 0 unspecified atom stereocenters. The maximum Gasteiger partial charge on any atom is 0.223 e. The van der Waals surface area contributed by atoms with Crippen LogP contribution >= 0.6 is 0 Å². The molecule has 1 amide bonds. The highest BCUT2D eigenvalue weighted by atomic mass is 32.2. The van der Waals surface area contributed by atoms with E-state index >= 15 is 0 Å². The van der Waals surface area contributed by atoms with Crippen molar-refractivity contribution in [1.29, 1.82) is 0 Å². The average Bonchev–Trinajstić information content (AvgIpc) is 2.45. The zero-order chi connectivity index (χ0) is 16.5. The normalized spacial score (nSPS) is 25.0. The zero-order valence-electron chi connectivity index (χ0n) is 13.7. The maximum absolute atomic E-state index is 12.7. The molecule has 1 aromatic rings. The maximum atomic E-state index is 12.7. The fourth-order valence-corrected chi connectivity index (χ4v) is 4.56. The minimum Gasteiger partial charge on any atom is -0.338 e. The second-order valence-corrected chi connectivity index (χ2v) is 9.30. The largest absolute Gasteiger partial charge is 0.338 e. The van der Waals surface area contributed by atoms with E-state index in [-0.39, 0.29) is 23.1 Å². The van der Waals surface area contributed by atoms with Gasteiger partial charge in [0, 0.05) is 19.0 Å². The molecule has 4 nitrogen and oxygen atoms in total. The highest BCUT2D eigenvalue weighted by molar-refractivity contribution is 7.92. The van der Waals surface area contributed by atoms with E-state index in [9.17, 15) is 13.2 Å². The van der Waals surface area contributed by atoms with Crippen molar-refractivity contribution in [3.05, 3.63) is 35.9 Å².